The van der Waals surface area contributed by atoms with E-state index in [9.17, 15) is 13.2 Å². The smallest absolute Gasteiger partial charge is 0.384 e. The Labute approximate surface area is 102 Å². The second-order valence-electron chi connectivity index (χ2n) is 3.29. The highest BCUT2D eigenvalue weighted by Gasteiger charge is 2.33. The largest absolute Gasteiger partial charge is 0.417 e. The lowest BCUT2D eigenvalue weighted by Gasteiger charge is -2.11. The molecule has 0 bridgehead atoms. The molecule has 0 radical (unpaired) electrons. The van der Waals surface area contributed by atoms with Crippen molar-refractivity contribution in [2.45, 2.75) is 6.18 Å². The number of thioether (sulfide) groups is 1. The first-order valence-corrected chi connectivity index (χ1v) is 6.22. The first-order chi connectivity index (χ1) is 7.99. The van der Waals surface area contributed by atoms with E-state index in [2.05, 4.69) is 5.32 Å². The van der Waals surface area contributed by atoms with Crippen molar-refractivity contribution in [3.8, 4) is 6.07 Å². The molecule has 0 fully saturated rings. The van der Waals surface area contributed by atoms with E-state index in [1.165, 1.54) is 12.1 Å². The molecule has 2 nitrogen and oxygen atoms in total. The van der Waals surface area contributed by atoms with Gasteiger partial charge in [0, 0.05) is 18.0 Å². The molecule has 1 N–H and O–H groups in total. The quantitative estimate of drug-likeness (QED) is 0.843. The van der Waals surface area contributed by atoms with Gasteiger partial charge in [0.25, 0.3) is 0 Å². The minimum atomic E-state index is -4.50. The molecule has 0 saturated carbocycles. The Morgan fingerprint density at radius 1 is 1.41 bits per heavy atom. The zero-order chi connectivity index (χ0) is 12.9. The van der Waals surface area contributed by atoms with E-state index in [1.807, 2.05) is 6.26 Å². The monoisotopic (exact) mass is 260 g/mol. The number of halogens is 3. The van der Waals surface area contributed by atoms with Crippen molar-refractivity contribution in [3.05, 3.63) is 29.3 Å². The van der Waals surface area contributed by atoms with Crippen LogP contribution < -0.4 is 5.32 Å². The lowest BCUT2D eigenvalue weighted by Crippen LogP contribution is -2.10. The molecule has 1 rings (SSSR count). The molecule has 92 valence electrons. The average molecular weight is 260 g/mol. The summed E-state index contributed by atoms with van der Waals surface area (Å²) in [6, 6.07) is 5.18. The summed E-state index contributed by atoms with van der Waals surface area (Å²) < 4.78 is 37.9. The van der Waals surface area contributed by atoms with Gasteiger partial charge in [0.05, 0.1) is 17.2 Å². The second-order valence-corrected chi connectivity index (χ2v) is 4.28. The third-order valence-corrected chi connectivity index (χ3v) is 2.69. The molecular formula is C11H11F3N2S. The first kappa shape index (κ1) is 13.7. The van der Waals surface area contributed by atoms with Gasteiger partial charge in [-0.15, -0.1) is 0 Å². The van der Waals surface area contributed by atoms with Gasteiger partial charge in [-0.25, -0.2) is 0 Å². The Morgan fingerprint density at radius 3 is 2.65 bits per heavy atom. The fourth-order valence-electron chi connectivity index (χ4n) is 1.28. The highest BCUT2D eigenvalue weighted by Crippen LogP contribution is 2.33. The van der Waals surface area contributed by atoms with E-state index >= 15 is 0 Å². The fraction of sp³-hybridized carbons (Fsp3) is 0.364. The molecule has 0 aliphatic heterocycles. The summed E-state index contributed by atoms with van der Waals surface area (Å²) in [4.78, 5) is 0. The summed E-state index contributed by atoms with van der Waals surface area (Å²) in [5.74, 6) is 0.807. The zero-order valence-corrected chi connectivity index (χ0v) is 9.95. The number of nitriles is 1. The summed E-state index contributed by atoms with van der Waals surface area (Å²) in [6.07, 6.45) is -2.58. The lowest BCUT2D eigenvalue weighted by molar-refractivity contribution is -0.137. The SMILES string of the molecule is CSCCNc1ccc(C#N)c(C(F)(F)F)c1. The van der Waals surface area contributed by atoms with Gasteiger partial charge in [-0.1, -0.05) is 0 Å². The molecule has 0 spiro atoms. The molecular weight excluding hydrogens is 249 g/mol. The lowest BCUT2D eigenvalue weighted by atomic mass is 10.1. The van der Waals surface area contributed by atoms with Gasteiger partial charge in [0.1, 0.15) is 0 Å². The third kappa shape index (κ3) is 3.86. The number of rotatable bonds is 4. The Bertz CT molecular complexity index is 424. The van der Waals surface area contributed by atoms with Crippen molar-refractivity contribution in [1.29, 1.82) is 5.26 Å². The molecule has 0 heterocycles. The summed E-state index contributed by atoms with van der Waals surface area (Å²) in [5.41, 5.74) is -0.868. The Kier molecular flexibility index (Phi) is 4.70. The molecule has 6 heteroatoms. The van der Waals surface area contributed by atoms with E-state index in [0.717, 1.165) is 11.8 Å². The number of hydrogen-bond donors (Lipinski definition) is 1. The van der Waals surface area contributed by atoms with Crippen molar-refractivity contribution >= 4 is 17.4 Å². The third-order valence-electron chi connectivity index (χ3n) is 2.08. The van der Waals surface area contributed by atoms with E-state index in [4.69, 9.17) is 5.26 Å². The van der Waals surface area contributed by atoms with Crippen molar-refractivity contribution in [1.82, 2.24) is 0 Å². The number of alkyl halides is 3. The molecule has 1 aromatic carbocycles. The van der Waals surface area contributed by atoms with Crippen LogP contribution in [0.3, 0.4) is 0 Å². The molecule has 1 aromatic rings. The Morgan fingerprint density at radius 2 is 2.12 bits per heavy atom. The van der Waals surface area contributed by atoms with Gasteiger partial charge >= 0.3 is 6.18 Å². The molecule has 17 heavy (non-hydrogen) atoms. The van der Waals surface area contributed by atoms with Gasteiger partial charge in [-0.05, 0) is 24.5 Å². The van der Waals surface area contributed by atoms with Crippen molar-refractivity contribution in [2.75, 3.05) is 23.9 Å². The summed E-state index contributed by atoms with van der Waals surface area (Å²) in [6.45, 7) is 0.588. The minimum Gasteiger partial charge on any atom is -0.384 e. The predicted octanol–water partition coefficient (Wildman–Crippen LogP) is 3.35. The normalized spacial score (nSPS) is 11.0. The molecule has 0 unspecified atom stereocenters. The maximum Gasteiger partial charge on any atom is 0.417 e. The van der Waals surface area contributed by atoms with Crippen molar-refractivity contribution in [2.24, 2.45) is 0 Å². The van der Waals surface area contributed by atoms with Gasteiger partial charge in [0.15, 0.2) is 0 Å². The molecule has 0 atom stereocenters. The van der Waals surface area contributed by atoms with Crippen LogP contribution >= 0.6 is 11.8 Å². The summed E-state index contributed by atoms with van der Waals surface area (Å²) >= 11 is 1.60. The van der Waals surface area contributed by atoms with Crippen molar-refractivity contribution < 1.29 is 13.2 Å². The number of nitrogens with zero attached hydrogens (tertiary/aromatic N) is 1. The molecule has 0 aliphatic carbocycles. The summed E-state index contributed by atoms with van der Waals surface area (Å²) in [5, 5.41) is 11.5. The van der Waals surface area contributed by atoms with Crippen LogP contribution in [0.4, 0.5) is 18.9 Å². The van der Waals surface area contributed by atoms with E-state index in [-0.39, 0.29) is 5.56 Å². The highest BCUT2D eigenvalue weighted by molar-refractivity contribution is 7.98. The maximum absolute atomic E-state index is 12.6. The van der Waals surface area contributed by atoms with Crippen LogP contribution in [0.25, 0.3) is 0 Å². The number of anilines is 1. The maximum atomic E-state index is 12.6. The van der Waals surface area contributed by atoms with Crippen LogP contribution in [0, 0.1) is 11.3 Å². The minimum absolute atomic E-state index is 0.354. The van der Waals surface area contributed by atoms with Gasteiger partial charge < -0.3 is 5.32 Å². The molecule has 0 amide bonds. The Balaban J connectivity index is 2.94. The highest BCUT2D eigenvalue weighted by atomic mass is 32.2. The van der Waals surface area contributed by atoms with Crippen LogP contribution in [0.2, 0.25) is 0 Å². The predicted molar refractivity (Wildman–Crippen MR) is 63.0 cm³/mol. The van der Waals surface area contributed by atoms with Crippen LogP contribution in [0.5, 0.6) is 0 Å². The van der Waals surface area contributed by atoms with E-state index in [1.54, 1.807) is 17.8 Å². The standard InChI is InChI=1S/C11H11F3N2S/c1-17-5-4-16-9-3-2-8(7-15)10(6-9)11(12,13)14/h2-3,6,16H,4-5H2,1H3. The first-order valence-electron chi connectivity index (χ1n) is 4.83. The molecule has 0 aliphatic rings. The Hall–Kier alpha value is -1.35. The van der Waals surface area contributed by atoms with E-state index < -0.39 is 11.7 Å². The van der Waals surface area contributed by atoms with Crippen LogP contribution in [0.1, 0.15) is 11.1 Å². The molecule has 0 saturated heterocycles. The van der Waals surface area contributed by atoms with Crippen LogP contribution in [-0.4, -0.2) is 18.6 Å². The zero-order valence-electron chi connectivity index (χ0n) is 9.14. The number of hydrogen-bond acceptors (Lipinski definition) is 3. The number of nitrogens with one attached hydrogen (secondary N) is 1. The number of benzene rings is 1. The molecule has 0 aromatic heterocycles. The van der Waals surface area contributed by atoms with E-state index in [0.29, 0.717) is 12.2 Å². The van der Waals surface area contributed by atoms with Gasteiger partial charge in [0.2, 0.25) is 0 Å². The van der Waals surface area contributed by atoms with Crippen LogP contribution in [0.15, 0.2) is 18.2 Å². The van der Waals surface area contributed by atoms with Gasteiger partial charge in [-0.3, -0.25) is 0 Å². The average Bonchev–Trinajstić information content (AvgIpc) is 2.28. The fourth-order valence-corrected chi connectivity index (χ4v) is 1.59. The van der Waals surface area contributed by atoms with Crippen LogP contribution in [-0.2, 0) is 6.18 Å². The summed E-state index contributed by atoms with van der Waals surface area (Å²) in [7, 11) is 0. The second kappa shape index (κ2) is 5.82. The van der Waals surface area contributed by atoms with Crippen molar-refractivity contribution in [3.63, 3.8) is 0 Å². The topological polar surface area (TPSA) is 35.8 Å². The van der Waals surface area contributed by atoms with Gasteiger partial charge in [-0.2, -0.15) is 30.2 Å².